The van der Waals surface area contributed by atoms with Gasteiger partial charge in [0.2, 0.25) is 15.9 Å². The van der Waals surface area contributed by atoms with Gasteiger partial charge < -0.3 is 14.8 Å². The average molecular weight is 509 g/mol. The Balaban J connectivity index is 1.56. The van der Waals surface area contributed by atoms with Crippen LogP contribution in [-0.4, -0.2) is 44.9 Å². The Morgan fingerprint density at radius 2 is 1.68 bits per heavy atom. The molecule has 1 amide bonds. The first-order valence-corrected chi connectivity index (χ1v) is 13.6. The van der Waals surface area contributed by atoms with Crippen LogP contribution in [0, 0.1) is 5.92 Å². The molecule has 0 unspecified atom stereocenters. The van der Waals surface area contributed by atoms with Gasteiger partial charge in [-0.05, 0) is 69.0 Å². The Hall–Kier alpha value is -2.29. The van der Waals surface area contributed by atoms with E-state index in [9.17, 15) is 13.2 Å². The Morgan fingerprint density at radius 1 is 1.06 bits per heavy atom. The van der Waals surface area contributed by atoms with E-state index in [1.54, 1.807) is 24.3 Å². The zero-order valence-electron chi connectivity index (χ0n) is 19.9. The molecule has 1 heterocycles. The van der Waals surface area contributed by atoms with Crippen LogP contribution in [0.25, 0.3) is 0 Å². The van der Waals surface area contributed by atoms with Crippen molar-refractivity contribution in [3.63, 3.8) is 0 Å². The Labute approximate surface area is 207 Å². The molecule has 2 aromatic carbocycles. The second-order valence-electron chi connectivity index (χ2n) is 8.36. The van der Waals surface area contributed by atoms with Gasteiger partial charge in [-0.1, -0.05) is 29.8 Å². The molecule has 1 aliphatic rings. The van der Waals surface area contributed by atoms with E-state index in [0.717, 1.165) is 5.56 Å². The van der Waals surface area contributed by atoms with Crippen LogP contribution in [0.2, 0.25) is 5.02 Å². The first kappa shape index (κ1) is 26.3. The molecule has 0 bridgehead atoms. The number of benzene rings is 2. The number of hydrogen-bond acceptors (Lipinski definition) is 5. The minimum Gasteiger partial charge on any atom is -0.490 e. The third-order valence-corrected chi connectivity index (χ3v) is 8.01. The summed E-state index contributed by atoms with van der Waals surface area (Å²) in [5, 5.41) is 3.64. The van der Waals surface area contributed by atoms with Gasteiger partial charge in [0.15, 0.2) is 11.5 Å². The fourth-order valence-electron chi connectivity index (χ4n) is 4.03. The fraction of sp³-hybridized carbons (Fsp3) is 0.480. The van der Waals surface area contributed by atoms with E-state index in [1.165, 1.54) is 4.31 Å². The van der Waals surface area contributed by atoms with Gasteiger partial charge in [-0.15, -0.1) is 0 Å². The number of nitrogens with one attached hydrogen (secondary N) is 1. The first-order chi connectivity index (χ1) is 16.2. The number of sulfonamides is 1. The van der Waals surface area contributed by atoms with Crippen molar-refractivity contribution in [2.75, 3.05) is 26.3 Å². The van der Waals surface area contributed by atoms with Crippen molar-refractivity contribution in [1.82, 2.24) is 9.62 Å². The number of ether oxygens (including phenoxy) is 2. The molecule has 0 radical (unpaired) electrons. The van der Waals surface area contributed by atoms with Gasteiger partial charge in [0.1, 0.15) is 0 Å². The number of hydrogen-bond donors (Lipinski definition) is 1. The van der Waals surface area contributed by atoms with E-state index in [4.69, 9.17) is 21.1 Å². The minimum absolute atomic E-state index is 0.0610. The minimum atomic E-state index is -3.45. The highest BCUT2D eigenvalue weighted by Crippen LogP contribution is 2.31. The van der Waals surface area contributed by atoms with Crippen LogP contribution < -0.4 is 14.8 Å². The number of amides is 1. The molecule has 0 aromatic heterocycles. The number of piperidine rings is 1. The maximum atomic E-state index is 12.9. The van der Waals surface area contributed by atoms with E-state index < -0.39 is 10.0 Å². The zero-order valence-corrected chi connectivity index (χ0v) is 21.5. The monoisotopic (exact) mass is 508 g/mol. The van der Waals surface area contributed by atoms with Gasteiger partial charge in [0.05, 0.1) is 25.0 Å². The van der Waals surface area contributed by atoms with Crippen molar-refractivity contribution >= 4 is 27.5 Å². The van der Waals surface area contributed by atoms with Crippen LogP contribution in [0.1, 0.15) is 50.8 Å². The van der Waals surface area contributed by atoms with Crippen molar-refractivity contribution in [2.45, 2.75) is 45.4 Å². The molecule has 34 heavy (non-hydrogen) atoms. The van der Waals surface area contributed by atoms with Crippen molar-refractivity contribution in [2.24, 2.45) is 5.92 Å². The molecular weight excluding hydrogens is 476 g/mol. The van der Waals surface area contributed by atoms with Gasteiger partial charge in [-0.25, -0.2) is 12.7 Å². The van der Waals surface area contributed by atoms with Crippen LogP contribution in [0.5, 0.6) is 11.5 Å². The van der Waals surface area contributed by atoms with Crippen LogP contribution in [0.3, 0.4) is 0 Å². The SMILES string of the molecule is CCOc1ccc([C@@H](C)NC(=O)C2CCN(S(=O)(=O)Cc3ccc(Cl)cc3)CC2)cc1OCC. The average Bonchev–Trinajstić information content (AvgIpc) is 2.82. The lowest BCUT2D eigenvalue weighted by molar-refractivity contribution is -0.126. The molecule has 1 saturated heterocycles. The summed E-state index contributed by atoms with van der Waals surface area (Å²) in [4.78, 5) is 12.9. The molecule has 0 saturated carbocycles. The van der Waals surface area contributed by atoms with E-state index in [2.05, 4.69) is 5.32 Å². The summed E-state index contributed by atoms with van der Waals surface area (Å²) < 4.78 is 38.4. The second kappa shape index (κ2) is 11.9. The van der Waals surface area contributed by atoms with Crippen molar-refractivity contribution < 1.29 is 22.7 Å². The molecule has 1 N–H and O–H groups in total. The molecule has 0 spiro atoms. The Morgan fingerprint density at radius 3 is 2.29 bits per heavy atom. The standard InChI is InChI=1S/C25H33ClN2O5S/c1-4-32-23-11-8-21(16-24(23)33-5-2)18(3)27-25(29)20-12-14-28(15-13-20)34(30,31)17-19-6-9-22(26)10-7-19/h6-11,16,18,20H,4-5,12-15,17H2,1-3H3,(H,27,29)/t18-/m1/s1. The highest BCUT2D eigenvalue weighted by Gasteiger charge is 2.31. The summed E-state index contributed by atoms with van der Waals surface area (Å²) in [6.07, 6.45) is 0.984. The third-order valence-electron chi connectivity index (χ3n) is 5.91. The topological polar surface area (TPSA) is 84.9 Å². The summed E-state index contributed by atoms with van der Waals surface area (Å²) in [5.41, 5.74) is 1.61. The molecule has 3 rings (SSSR count). The Kier molecular flexibility index (Phi) is 9.22. The van der Waals surface area contributed by atoms with Gasteiger partial charge in [0, 0.05) is 24.0 Å². The molecule has 2 aromatic rings. The van der Waals surface area contributed by atoms with Crippen molar-refractivity contribution in [3.8, 4) is 11.5 Å². The van der Waals surface area contributed by atoms with E-state index in [-0.39, 0.29) is 23.6 Å². The summed E-state index contributed by atoms with van der Waals surface area (Å²) in [7, 11) is -3.45. The van der Waals surface area contributed by atoms with Crippen molar-refractivity contribution in [3.05, 3.63) is 58.6 Å². The molecule has 0 aliphatic carbocycles. The van der Waals surface area contributed by atoms with E-state index in [0.29, 0.717) is 61.2 Å². The normalized spacial score (nSPS) is 16.1. The summed E-state index contributed by atoms with van der Waals surface area (Å²) >= 11 is 5.88. The molecule has 7 nitrogen and oxygen atoms in total. The van der Waals surface area contributed by atoms with Crippen LogP contribution in [-0.2, 0) is 20.6 Å². The van der Waals surface area contributed by atoms with Crippen LogP contribution >= 0.6 is 11.6 Å². The van der Waals surface area contributed by atoms with Gasteiger partial charge in [0.25, 0.3) is 0 Å². The highest BCUT2D eigenvalue weighted by atomic mass is 35.5. The molecule has 1 fully saturated rings. The molecular formula is C25H33ClN2O5S. The highest BCUT2D eigenvalue weighted by molar-refractivity contribution is 7.88. The predicted octanol–water partition coefficient (Wildman–Crippen LogP) is 4.56. The lowest BCUT2D eigenvalue weighted by Crippen LogP contribution is -2.43. The molecule has 186 valence electrons. The lowest BCUT2D eigenvalue weighted by atomic mass is 9.96. The Bertz CT molecular complexity index is 1070. The first-order valence-electron chi connectivity index (χ1n) is 11.7. The number of nitrogens with zero attached hydrogens (tertiary/aromatic N) is 1. The zero-order chi connectivity index (χ0) is 24.7. The van der Waals surface area contributed by atoms with E-state index >= 15 is 0 Å². The quantitative estimate of drug-likeness (QED) is 0.508. The largest absolute Gasteiger partial charge is 0.490 e. The summed E-state index contributed by atoms with van der Waals surface area (Å²) in [6, 6.07) is 12.3. The predicted molar refractivity (Wildman–Crippen MR) is 134 cm³/mol. The van der Waals surface area contributed by atoms with Crippen LogP contribution in [0.4, 0.5) is 0 Å². The molecule has 9 heteroatoms. The maximum absolute atomic E-state index is 12.9. The fourth-order valence-corrected chi connectivity index (χ4v) is 5.72. The summed E-state index contributed by atoms with van der Waals surface area (Å²) in [6.45, 7) is 7.48. The molecule has 1 aliphatic heterocycles. The van der Waals surface area contributed by atoms with Gasteiger partial charge in [-0.2, -0.15) is 0 Å². The smallest absolute Gasteiger partial charge is 0.223 e. The van der Waals surface area contributed by atoms with Gasteiger partial charge in [-0.3, -0.25) is 4.79 Å². The van der Waals surface area contributed by atoms with E-state index in [1.807, 2.05) is 39.0 Å². The lowest BCUT2D eigenvalue weighted by Gasteiger charge is -2.31. The van der Waals surface area contributed by atoms with Gasteiger partial charge >= 0.3 is 0 Å². The van der Waals surface area contributed by atoms with Crippen LogP contribution in [0.15, 0.2) is 42.5 Å². The summed E-state index contributed by atoms with van der Waals surface area (Å²) in [5.74, 6) is 0.978. The second-order valence-corrected chi connectivity index (χ2v) is 10.8. The van der Waals surface area contributed by atoms with Crippen molar-refractivity contribution in [1.29, 1.82) is 0 Å². The number of halogens is 1. The molecule has 1 atom stereocenters. The number of carbonyl (C=O) groups is 1. The number of rotatable bonds is 10. The number of carbonyl (C=O) groups excluding carboxylic acids is 1. The third kappa shape index (κ3) is 6.87. The maximum Gasteiger partial charge on any atom is 0.223 e.